The number of para-hydroxylation sites is 1. The first kappa shape index (κ1) is 22.6. The van der Waals surface area contributed by atoms with Gasteiger partial charge in [0.2, 0.25) is 5.91 Å². The summed E-state index contributed by atoms with van der Waals surface area (Å²) in [5.41, 5.74) is 1.46. The number of hydrogen-bond donors (Lipinski definition) is 1. The number of aromatic nitrogens is 2. The Balaban J connectivity index is 1.31. The van der Waals surface area contributed by atoms with Crippen LogP contribution in [0.15, 0.2) is 48.7 Å². The van der Waals surface area contributed by atoms with E-state index >= 15 is 0 Å². The molecule has 0 aliphatic carbocycles. The first-order valence-corrected chi connectivity index (χ1v) is 11.9. The fraction of sp³-hybridized carbons (Fsp3) is 0.360. The molecule has 34 heavy (non-hydrogen) atoms. The molecule has 5 rings (SSSR count). The number of benzene rings is 1. The van der Waals surface area contributed by atoms with Crippen LogP contribution in [0.5, 0.6) is 0 Å². The molecule has 1 aromatic carbocycles. The molecule has 2 amide bonds. The number of hydrogen-bond acceptors (Lipinski definition) is 6. The summed E-state index contributed by atoms with van der Waals surface area (Å²) in [7, 11) is 0. The maximum absolute atomic E-state index is 13.3. The quantitative estimate of drug-likeness (QED) is 0.615. The number of piperidine rings is 1. The highest BCUT2D eigenvalue weighted by Crippen LogP contribution is 2.28. The van der Waals surface area contributed by atoms with Crippen molar-refractivity contribution in [3.8, 4) is 0 Å². The Morgan fingerprint density at radius 1 is 1.03 bits per heavy atom. The largest absolute Gasteiger partial charge is 0.378 e. The Morgan fingerprint density at radius 3 is 2.53 bits per heavy atom. The van der Waals surface area contributed by atoms with Crippen molar-refractivity contribution in [2.75, 3.05) is 49.6 Å². The van der Waals surface area contributed by atoms with E-state index in [0.29, 0.717) is 68.6 Å². The van der Waals surface area contributed by atoms with Gasteiger partial charge in [-0.1, -0.05) is 29.8 Å². The lowest BCUT2D eigenvalue weighted by Crippen LogP contribution is -2.41. The number of morpholine rings is 1. The van der Waals surface area contributed by atoms with Crippen molar-refractivity contribution < 1.29 is 14.3 Å². The number of pyridine rings is 2. The number of rotatable bonds is 4. The average molecular weight is 480 g/mol. The third-order valence-corrected chi connectivity index (χ3v) is 6.62. The van der Waals surface area contributed by atoms with E-state index in [1.165, 1.54) is 6.20 Å². The summed E-state index contributed by atoms with van der Waals surface area (Å²) < 4.78 is 5.41. The highest BCUT2D eigenvalue weighted by molar-refractivity contribution is 6.30. The van der Waals surface area contributed by atoms with Gasteiger partial charge in [0.05, 0.1) is 29.3 Å². The van der Waals surface area contributed by atoms with Crippen LogP contribution in [-0.2, 0) is 9.53 Å². The van der Waals surface area contributed by atoms with Gasteiger partial charge in [-0.15, -0.1) is 0 Å². The Bertz CT molecular complexity index is 1190. The molecule has 2 saturated heterocycles. The van der Waals surface area contributed by atoms with E-state index in [0.717, 1.165) is 16.7 Å². The van der Waals surface area contributed by atoms with E-state index in [-0.39, 0.29) is 17.7 Å². The van der Waals surface area contributed by atoms with E-state index in [4.69, 9.17) is 21.3 Å². The summed E-state index contributed by atoms with van der Waals surface area (Å²) >= 11 is 5.87. The fourth-order valence-corrected chi connectivity index (χ4v) is 4.60. The second-order valence-electron chi connectivity index (χ2n) is 8.56. The third kappa shape index (κ3) is 4.83. The van der Waals surface area contributed by atoms with E-state index in [2.05, 4.69) is 15.2 Å². The lowest BCUT2D eigenvalue weighted by Gasteiger charge is -2.33. The number of halogens is 1. The van der Waals surface area contributed by atoms with Crippen molar-refractivity contribution in [2.24, 2.45) is 5.92 Å². The zero-order chi connectivity index (χ0) is 23.5. The van der Waals surface area contributed by atoms with Crippen LogP contribution < -0.4 is 10.2 Å². The van der Waals surface area contributed by atoms with Crippen LogP contribution in [0.2, 0.25) is 5.02 Å². The monoisotopic (exact) mass is 479 g/mol. The molecule has 0 unspecified atom stereocenters. The van der Waals surface area contributed by atoms with Crippen LogP contribution in [0.3, 0.4) is 0 Å². The van der Waals surface area contributed by atoms with Gasteiger partial charge in [0.25, 0.3) is 5.91 Å². The second kappa shape index (κ2) is 9.95. The Kier molecular flexibility index (Phi) is 6.60. The molecule has 4 heterocycles. The molecule has 1 N–H and O–H groups in total. The molecular formula is C25H26ClN5O3. The predicted octanol–water partition coefficient (Wildman–Crippen LogP) is 3.61. The van der Waals surface area contributed by atoms with Gasteiger partial charge in [-0.3, -0.25) is 9.59 Å². The molecule has 2 aliphatic rings. The number of anilines is 2. The summed E-state index contributed by atoms with van der Waals surface area (Å²) in [5.74, 6) is 1.13. The van der Waals surface area contributed by atoms with Crippen molar-refractivity contribution in [1.82, 2.24) is 14.9 Å². The van der Waals surface area contributed by atoms with E-state index in [1.807, 2.05) is 35.2 Å². The molecule has 0 spiro atoms. The number of ether oxygens (including phenoxy) is 1. The molecule has 0 bridgehead atoms. The van der Waals surface area contributed by atoms with E-state index in [1.54, 1.807) is 12.1 Å². The van der Waals surface area contributed by atoms with Gasteiger partial charge in [0.15, 0.2) is 0 Å². The summed E-state index contributed by atoms with van der Waals surface area (Å²) in [6.07, 6.45) is 2.91. The molecule has 176 valence electrons. The standard InChI is InChI=1S/C25H26ClN5O3/c26-18-5-6-22(27-16-18)29-24(32)17-7-9-30(10-8-17)23-15-20(19-3-1-2-4-21(19)28-23)25(33)31-11-13-34-14-12-31/h1-6,15-17H,7-14H2,(H,27,29,32). The van der Waals surface area contributed by atoms with Gasteiger partial charge in [-0.2, -0.15) is 0 Å². The molecule has 0 radical (unpaired) electrons. The lowest BCUT2D eigenvalue weighted by atomic mass is 9.95. The zero-order valence-electron chi connectivity index (χ0n) is 18.7. The van der Waals surface area contributed by atoms with Crippen LogP contribution >= 0.6 is 11.6 Å². The van der Waals surface area contributed by atoms with Crippen LogP contribution in [0.25, 0.3) is 10.9 Å². The average Bonchev–Trinajstić information content (AvgIpc) is 2.89. The first-order chi connectivity index (χ1) is 16.6. The van der Waals surface area contributed by atoms with Gasteiger partial charge in [0, 0.05) is 43.7 Å². The third-order valence-electron chi connectivity index (χ3n) is 6.40. The SMILES string of the molecule is O=C(Nc1ccc(Cl)cn1)C1CCN(c2cc(C(=O)N3CCOCC3)c3ccccc3n2)CC1. The number of amides is 2. The van der Waals surface area contributed by atoms with Crippen molar-refractivity contribution in [1.29, 1.82) is 0 Å². The summed E-state index contributed by atoms with van der Waals surface area (Å²) in [6, 6.07) is 13.0. The van der Waals surface area contributed by atoms with Crippen LogP contribution in [-0.4, -0.2) is 66.1 Å². The number of nitrogens with zero attached hydrogens (tertiary/aromatic N) is 4. The molecule has 2 aliphatic heterocycles. The van der Waals surface area contributed by atoms with Crippen molar-refractivity contribution in [3.63, 3.8) is 0 Å². The minimum absolute atomic E-state index is 0.00729. The van der Waals surface area contributed by atoms with Gasteiger partial charge in [0.1, 0.15) is 11.6 Å². The molecule has 8 nitrogen and oxygen atoms in total. The number of nitrogens with one attached hydrogen (secondary N) is 1. The van der Waals surface area contributed by atoms with Crippen LogP contribution in [0.1, 0.15) is 23.2 Å². The maximum Gasteiger partial charge on any atom is 0.254 e. The van der Waals surface area contributed by atoms with Gasteiger partial charge < -0.3 is 19.9 Å². The van der Waals surface area contributed by atoms with Gasteiger partial charge in [-0.25, -0.2) is 9.97 Å². The molecule has 2 aromatic heterocycles. The molecule has 9 heteroatoms. The lowest BCUT2D eigenvalue weighted by molar-refractivity contribution is -0.120. The van der Waals surface area contributed by atoms with Crippen LogP contribution in [0.4, 0.5) is 11.6 Å². The smallest absolute Gasteiger partial charge is 0.254 e. The van der Waals surface area contributed by atoms with E-state index < -0.39 is 0 Å². The van der Waals surface area contributed by atoms with E-state index in [9.17, 15) is 9.59 Å². The van der Waals surface area contributed by atoms with Gasteiger partial charge in [-0.05, 0) is 37.1 Å². The molecular weight excluding hydrogens is 454 g/mol. The normalized spacial score (nSPS) is 17.1. The number of fused-ring (bicyclic) bond motifs is 1. The fourth-order valence-electron chi connectivity index (χ4n) is 4.49. The maximum atomic E-state index is 13.3. The van der Waals surface area contributed by atoms with Crippen molar-refractivity contribution in [2.45, 2.75) is 12.8 Å². The summed E-state index contributed by atoms with van der Waals surface area (Å²) in [6.45, 7) is 3.67. The minimum Gasteiger partial charge on any atom is -0.378 e. The minimum atomic E-state index is -0.108. The molecule has 0 saturated carbocycles. The summed E-state index contributed by atoms with van der Waals surface area (Å²) in [5, 5.41) is 4.26. The molecule has 0 atom stereocenters. The Morgan fingerprint density at radius 2 is 1.79 bits per heavy atom. The summed E-state index contributed by atoms with van der Waals surface area (Å²) in [4.78, 5) is 39.0. The van der Waals surface area contributed by atoms with Crippen molar-refractivity contribution in [3.05, 3.63) is 59.2 Å². The highest BCUT2D eigenvalue weighted by atomic mass is 35.5. The predicted molar refractivity (Wildman–Crippen MR) is 131 cm³/mol. The second-order valence-corrected chi connectivity index (χ2v) is 9.00. The number of carbonyl (C=O) groups is 2. The van der Waals surface area contributed by atoms with Crippen molar-refractivity contribution >= 4 is 46.0 Å². The molecule has 3 aromatic rings. The Labute approximate surface area is 202 Å². The Hall–Kier alpha value is -3.23. The molecule has 2 fully saturated rings. The van der Waals surface area contributed by atoms with Gasteiger partial charge >= 0.3 is 0 Å². The topological polar surface area (TPSA) is 87.7 Å². The first-order valence-electron chi connectivity index (χ1n) is 11.5. The van der Waals surface area contributed by atoms with Crippen LogP contribution in [0, 0.1) is 5.92 Å². The zero-order valence-corrected chi connectivity index (χ0v) is 19.5. The number of carbonyl (C=O) groups excluding carboxylic acids is 2. The highest BCUT2D eigenvalue weighted by Gasteiger charge is 2.28.